The number of benzene rings is 3. The largest absolute Gasteiger partial charge is 0.274 e. The Hall–Kier alpha value is -2.72. The molecule has 1 saturated heterocycles. The number of carbonyl (C=O) groups excluding carboxylic acids is 2. The van der Waals surface area contributed by atoms with Crippen LogP contribution in [0.25, 0.3) is 0 Å². The average Bonchev–Trinajstić information content (AvgIpc) is 3.01. The number of nitrogens with zero attached hydrogens (tertiary/aromatic N) is 1. The highest BCUT2D eigenvalue weighted by Crippen LogP contribution is 2.64. The van der Waals surface area contributed by atoms with E-state index in [4.69, 9.17) is 0 Å². The minimum atomic E-state index is -0.510. The first kappa shape index (κ1) is 17.2. The molecule has 1 fully saturated rings. The zero-order chi connectivity index (χ0) is 19.9. The van der Waals surface area contributed by atoms with Gasteiger partial charge in [0.1, 0.15) is 0 Å². The van der Waals surface area contributed by atoms with Crippen LogP contribution >= 0.6 is 15.9 Å². The fourth-order valence-corrected chi connectivity index (χ4v) is 6.26. The summed E-state index contributed by atoms with van der Waals surface area (Å²) in [4.78, 5) is 28.8. The normalized spacial score (nSPS) is 28.9. The van der Waals surface area contributed by atoms with E-state index in [1.807, 2.05) is 48.5 Å². The summed E-state index contributed by atoms with van der Waals surface area (Å²) in [5, 5.41) is 0. The van der Waals surface area contributed by atoms with Gasteiger partial charge in [0, 0.05) is 15.8 Å². The van der Waals surface area contributed by atoms with E-state index in [2.05, 4.69) is 47.1 Å². The molecule has 7 rings (SSSR count). The summed E-state index contributed by atoms with van der Waals surface area (Å²) < 4.78 is 0.921. The van der Waals surface area contributed by atoms with Gasteiger partial charge in [0.2, 0.25) is 11.8 Å². The summed E-state index contributed by atoms with van der Waals surface area (Å²) in [5.41, 5.74) is 4.88. The molecule has 0 saturated carbocycles. The van der Waals surface area contributed by atoms with Crippen molar-refractivity contribution in [1.82, 2.24) is 0 Å². The van der Waals surface area contributed by atoms with Crippen LogP contribution in [0.5, 0.6) is 0 Å². The van der Waals surface area contributed by atoms with Crippen molar-refractivity contribution in [3.05, 3.63) is 99.5 Å². The Morgan fingerprint density at radius 3 is 1.93 bits per heavy atom. The minimum Gasteiger partial charge on any atom is -0.274 e. The van der Waals surface area contributed by atoms with Gasteiger partial charge in [-0.05, 0) is 46.5 Å². The third-order valence-electron chi connectivity index (χ3n) is 7.13. The first-order valence-electron chi connectivity index (χ1n) is 9.85. The lowest BCUT2D eigenvalue weighted by molar-refractivity contribution is -0.123. The van der Waals surface area contributed by atoms with Crippen LogP contribution in [-0.4, -0.2) is 11.8 Å². The van der Waals surface area contributed by atoms with Crippen molar-refractivity contribution < 1.29 is 9.59 Å². The predicted molar refractivity (Wildman–Crippen MR) is 115 cm³/mol. The SMILES string of the molecule is CC12c3ccccc3C(c3ccccc31)C1C(=O)N(c3ccc(Br)cc3)C(=O)[C@H]12. The number of imide groups is 1. The molecule has 1 aliphatic heterocycles. The second kappa shape index (κ2) is 5.67. The quantitative estimate of drug-likeness (QED) is 0.495. The standard InChI is InChI=1S/C25H18BrNO2/c1-25-18-8-4-2-6-16(18)20(17-7-3-5-9-19(17)25)21-22(25)24(29)27(23(21)28)15-12-10-14(26)11-13-15/h2-13,20-22H,1H3/t20?,21?,22-,25?/m0/s1. The molecule has 2 atom stereocenters. The molecular formula is C25H18BrNO2. The van der Waals surface area contributed by atoms with Crippen LogP contribution in [0, 0.1) is 11.8 Å². The molecule has 142 valence electrons. The molecule has 0 radical (unpaired) electrons. The van der Waals surface area contributed by atoms with Crippen LogP contribution in [-0.2, 0) is 15.0 Å². The first-order chi connectivity index (χ1) is 14.0. The lowest BCUT2D eigenvalue weighted by Crippen LogP contribution is -2.51. The van der Waals surface area contributed by atoms with Gasteiger partial charge < -0.3 is 0 Å². The highest BCUT2D eigenvalue weighted by molar-refractivity contribution is 9.10. The summed E-state index contributed by atoms with van der Waals surface area (Å²) in [7, 11) is 0. The van der Waals surface area contributed by atoms with E-state index in [1.165, 1.54) is 27.2 Å². The van der Waals surface area contributed by atoms with Crippen LogP contribution in [0.2, 0.25) is 0 Å². The molecule has 1 unspecified atom stereocenters. The molecule has 1 heterocycles. The smallest absolute Gasteiger partial charge is 0.238 e. The summed E-state index contributed by atoms with van der Waals surface area (Å²) in [6.45, 7) is 2.15. The van der Waals surface area contributed by atoms with Gasteiger partial charge in [-0.2, -0.15) is 0 Å². The molecule has 3 aromatic carbocycles. The van der Waals surface area contributed by atoms with E-state index in [1.54, 1.807) is 0 Å². The lowest BCUT2D eigenvalue weighted by atomic mass is 9.48. The maximum absolute atomic E-state index is 13.7. The van der Waals surface area contributed by atoms with Crippen molar-refractivity contribution in [1.29, 1.82) is 0 Å². The molecule has 4 heteroatoms. The molecule has 0 N–H and O–H groups in total. The van der Waals surface area contributed by atoms with Crippen molar-refractivity contribution >= 4 is 33.4 Å². The topological polar surface area (TPSA) is 37.4 Å². The summed E-state index contributed by atoms with van der Waals surface area (Å²) in [6.07, 6.45) is 0. The summed E-state index contributed by atoms with van der Waals surface area (Å²) in [6, 6.07) is 24.1. The van der Waals surface area contributed by atoms with Crippen LogP contribution < -0.4 is 4.90 Å². The molecule has 3 aliphatic carbocycles. The maximum atomic E-state index is 13.7. The number of hydrogen-bond acceptors (Lipinski definition) is 2. The Labute approximate surface area is 177 Å². The van der Waals surface area contributed by atoms with Gasteiger partial charge >= 0.3 is 0 Å². The van der Waals surface area contributed by atoms with Crippen molar-refractivity contribution in [2.24, 2.45) is 11.8 Å². The first-order valence-corrected chi connectivity index (χ1v) is 10.6. The number of carbonyl (C=O) groups is 2. The van der Waals surface area contributed by atoms with Crippen molar-refractivity contribution in [3.8, 4) is 0 Å². The molecule has 3 aromatic rings. The van der Waals surface area contributed by atoms with Crippen molar-refractivity contribution in [2.45, 2.75) is 18.3 Å². The average molecular weight is 444 g/mol. The fourth-order valence-electron chi connectivity index (χ4n) is 6.00. The Bertz CT molecular complexity index is 1150. The fraction of sp³-hybridized carbons (Fsp3) is 0.200. The van der Waals surface area contributed by atoms with Crippen molar-refractivity contribution in [3.63, 3.8) is 0 Å². The highest BCUT2D eigenvalue weighted by atomic mass is 79.9. The summed E-state index contributed by atoms with van der Waals surface area (Å²) >= 11 is 3.43. The molecule has 2 bridgehead atoms. The third kappa shape index (κ3) is 1.98. The molecule has 4 aliphatic rings. The van der Waals surface area contributed by atoms with E-state index in [0.29, 0.717) is 5.69 Å². The number of amides is 2. The second-order valence-electron chi connectivity index (χ2n) is 8.35. The van der Waals surface area contributed by atoms with E-state index in [0.717, 1.165) is 4.47 Å². The van der Waals surface area contributed by atoms with Crippen LogP contribution in [0.4, 0.5) is 5.69 Å². The van der Waals surface area contributed by atoms with E-state index in [9.17, 15) is 9.59 Å². The van der Waals surface area contributed by atoms with Gasteiger partial charge in [0.25, 0.3) is 0 Å². The summed E-state index contributed by atoms with van der Waals surface area (Å²) in [5.74, 6) is -0.984. The van der Waals surface area contributed by atoms with Crippen molar-refractivity contribution in [2.75, 3.05) is 4.90 Å². The van der Waals surface area contributed by atoms with Crippen LogP contribution in [0.15, 0.2) is 77.3 Å². The van der Waals surface area contributed by atoms with Gasteiger partial charge in [-0.1, -0.05) is 71.4 Å². The van der Waals surface area contributed by atoms with Gasteiger partial charge in [0.05, 0.1) is 17.5 Å². The number of halogens is 1. The molecule has 0 spiro atoms. The maximum Gasteiger partial charge on any atom is 0.238 e. The van der Waals surface area contributed by atoms with Crippen LogP contribution in [0.3, 0.4) is 0 Å². The Kier molecular flexibility index (Phi) is 3.35. The second-order valence-corrected chi connectivity index (χ2v) is 9.26. The minimum absolute atomic E-state index is 0.0777. The number of hydrogen-bond donors (Lipinski definition) is 0. The molecule has 29 heavy (non-hydrogen) atoms. The van der Waals surface area contributed by atoms with E-state index < -0.39 is 5.41 Å². The Morgan fingerprint density at radius 1 is 0.793 bits per heavy atom. The van der Waals surface area contributed by atoms with E-state index in [-0.39, 0.29) is 29.6 Å². The van der Waals surface area contributed by atoms with Gasteiger partial charge in [-0.15, -0.1) is 0 Å². The Balaban J connectivity index is 1.61. The lowest BCUT2D eigenvalue weighted by Gasteiger charge is -2.52. The van der Waals surface area contributed by atoms with E-state index >= 15 is 0 Å². The molecular weight excluding hydrogens is 426 g/mol. The van der Waals surface area contributed by atoms with Gasteiger partial charge in [-0.25, -0.2) is 4.90 Å². The molecule has 2 amide bonds. The van der Waals surface area contributed by atoms with Crippen LogP contribution in [0.1, 0.15) is 35.1 Å². The zero-order valence-corrected chi connectivity index (χ0v) is 17.4. The monoisotopic (exact) mass is 443 g/mol. The number of rotatable bonds is 1. The molecule has 3 nitrogen and oxygen atoms in total. The third-order valence-corrected chi connectivity index (χ3v) is 7.66. The van der Waals surface area contributed by atoms with Gasteiger partial charge in [-0.3, -0.25) is 9.59 Å². The molecule has 0 aromatic heterocycles. The highest BCUT2D eigenvalue weighted by Gasteiger charge is 2.66. The number of anilines is 1. The van der Waals surface area contributed by atoms with Gasteiger partial charge in [0.15, 0.2) is 0 Å². The zero-order valence-electron chi connectivity index (χ0n) is 15.8. The Morgan fingerprint density at radius 2 is 1.34 bits per heavy atom. The predicted octanol–water partition coefficient (Wildman–Crippen LogP) is 5.02.